The van der Waals surface area contributed by atoms with Gasteiger partial charge >= 0.3 is 0 Å². The second kappa shape index (κ2) is 15.5. The van der Waals surface area contributed by atoms with Gasteiger partial charge in [-0.2, -0.15) is 0 Å². The lowest BCUT2D eigenvalue weighted by Crippen LogP contribution is -2.38. The number of rotatable bonds is 13. The molecule has 1 aliphatic rings. The van der Waals surface area contributed by atoms with Crippen LogP contribution in [0.15, 0.2) is 97.1 Å². The molecule has 0 saturated carbocycles. The maximum atomic E-state index is 14.0. The minimum absolute atomic E-state index is 0.0177. The largest absolute Gasteiger partial charge is 0.493 e. The van der Waals surface area contributed by atoms with Crippen molar-refractivity contribution in [3.8, 4) is 11.5 Å². The molecule has 1 saturated heterocycles. The Morgan fingerprint density at radius 2 is 1.59 bits per heavy atom. The molecule has 49 heavy (non-hydrogen) atoms. The van der Waals surface area contributed by atoms with E-state index in [4.69, 9.17) is 14.5 Å². The fraction of sp³-hybridized carbons (Fsp3) is 0.325. The van der Waals surface area contributed by atoms with Crippen molar-refractivity contribution in [2.45, 2.75) is 31.7 Å². The van der Waals surface area contributed by atoms with Gasteiger partial charge in [0.25, 0.3) is 5.91 Å². The molecule has 5 aromatic rings. The third-order valence-electron chi connectivity index (χ3n) is 9.62. The van der Waals surface area contributed by atoms with Crippen LogP contribution in [-0.2, 0) is 6.54 Å². The van der Waals surface area contributed by atoms with Crippen LogP contribution in [0.3, 0.4) is 0 Å². The molecule has 1 fully saturated rings. The van der Waals surface area contributed by atoms with Gasteiger partial charge in [0.15, 0.2) is 17.3 Å². The standard InChI is InChI=1S/C40H43FN4O4/c1-43(40(47)30-9-5-4-6-10-30)27-32(31-15-18-36(48-2)37(25-31)49-3)21-24-44-22-19-29(20-23-44)38(46)39-42-34-11-7-8-12-35(34)45(39)26-28-13-16-33(41)17-14-28/h4-18,25,29,32H,19-24,26-27H2,1-3H3. The van der Waals surface area contributed by atoms with E-state index in [0.29, 0.717) is 36.0 Å². The fourth-order valence-corrected chi connectivity index (χ4v) is 6.82. The van der Waals surface area contributed by atoms with Crippen molar-refractivity contribution >= 4 is 22.7 Å². The highest BCUT2D eigenvalue weighted by molar-refractivity contribution is 5.98. The van der Waals surface area contributed by atoms with Gasteiger partial charge in [0.05, 0.1) is 25.3 Å². The summed E-state index contributed by atoms with van der Waals surface area (Å²) >= 11 is 0. The zero-order valence-corrected chi connectivity index (χ0v) is 28.3. The molecule has 0 N–H and O–H groups in total. The number of piperidine rings is 1. The summed E-state index contributed by atoms with van der Waals surface area (Å²) in [5.41, 5.74) is 4.32. The van der Waals surface area contributed by atoms with E-state index >= 15 is 0 Å². The van der Waals surface area contributed by atoms with E-state index in [1.54, 1.807) is 31.3 Å². The van der Waals surface area contributed by atoms with Gasteiger partial charge in [-0.15, -0.1) is 0 Å². The molecule has 1 atom stereocenters. The summed E-state index contributed by atoms with van der Waals surface area (Å²) in [5, 5.41) is 0. The first-order valence-electron chi connectivity index (χ1n) is 16.8. The topological polar surface area (TPSA) is 76.9 Å². The maximum Gasteiger partial charge on any atom is 0.253 e. The summed E-state index contributed by atoms with van der Waals surface area (Å²) in [6.45, 7) is 3.41. The maximum absolute atomic E-state index is 14.0. The number of amides is 1. The Morgan fingerprint density at radius 1 is 0.898 bits per heavy atom. The van der Waals surface area contributed by atoms with Crippen LogP contribution in [0.4, 0.5) is 4.39 Å². The molecule has 0 radical (unpaired) electrons. The van der Waals surface area contributed by atoms with E-state index in [-0.39, 0.29) is 29.3 Å². The second-order valence-electron chi connectivity index (χ2n) is 12.8. The van der Waals surface area contributed by atoms with Crippen LogP contribution in [0.1, 0.15) is 57.3 Å². The first-order valence-corrected chi connectivity index (χ1v) is 16.8. The molecule has 1 unspecified atom stereocenters. The Balaban J connectivity index is 1.13. The number of hydrogen-bond donors (Lipinski definition) is 0. The van der Waals surface area contributed by atoms with Crippen molar-refractivity contribution in [3.05, 3.63) is 125 Å². The minimum atomic E-state index is -0.287. The zero-order valence-electron chi connectivity index (χ0n) is 28.3. The number of imidazole rings is 1. The zero-order chi connectivity index (χ0) is 34.3. The second-order valence-corrected chi connectivity index (χ2v) is 12.8. The van der Waals surface area contributed by atoms with Crippen LogP contribution in [0.2, 0.25) is 0 Å². The molecule has 6 rings (SSSR count). The lowest BCUT2D eigenvalue weighted by Gasteiger charge is -2.33. The molecular formula is C40H43FN4O4. The first kappa shape index (κ1) is 33.9. The molecule has 0 spiro atoms. The van der Waals surface area contributed by atoms with E-state index in [0.717, 1.165) is 61.1 Å². The number of likely N-dealkylation sites (tertiary alicyclic amines) is 1. The number of halogens is 1. The predicted octanol–water partition coefficient (Wildman–Crippen LogP) is 7.08. The van der Waals surface area contributed by atoms with Crippen molar-refractivity contribution in [2.75, 3.05) is 47.4 Å². The Morgan fingerprint density at radius 3 is 2.31 bits per heavy atom. The van der Waals surface area contributed by atoms with Crippen molar-refractivity contribution in [1.82, 2.24) is 19.4 Å². The van der Waals surface area contributed by atoms with E-state index in [2.05, 4.69) is 11.0 Å². The number of para-hydroxylation sites is 2. The van der Waals surface area contributed by atoms with Gasteiger partial charge in [0.1, 0.15) is 5.82 Å². The average Bonchev–Trinajstić information content (AvgIpc) is 3.51. The molecule has 0 aliphatic carbocycles. The average molecular weight is 663 g/mol. The van der Waals surface area contributed by atoms with E-state index in [9.17, 15) is 14.0 Å². The summed E-state index contributed by atoms with van der Waals surface area (Å²) in [7, 11) is 5.10. The van der Waals surface area contributed by atoms with Crippen LogP contribution in [0.5, 0.6) is 11.5 Å². The van der Waals surface area contributed by atoms with Crippen molar-refractivity contribution in [3.63, 3.8) is 0 Å². The number of aromatic nitrogens is 2. The summed E-state index contributed by atoms with van der Waals surface area (Å²) < 4.78 is 26.7. The van der Waals surface area contributed by atoms with E-state index < -0.39 is 0 Å². The lowest BCUT2D eigenvalue weighted by atomic mass is 9.90. The Kier molecular flexibility index (Phi) is 10.7. The Bertz CT molecular complexity index is 1880. The van der Waals surface area contributed by atoms with Gasteiger partial charge in [0, 0.05) is 37.5 Å². The number of fused-ring (bicyclic) bond motifs is 1. The number of nitrogens with zero attached hydrogens (tertiary/aromatic N) is 4. The summed E-state index contributed by atoms with van der Waals surface area (Å²) in [6.07, 6.45) is 2.31. The summed E-state index contributed by atoms with van der Waals surface area (Å²) in [4.78, 5) is 36.2. The third kappa shape index (κ3) is 7.84. The summed E-state index contributed by atoms with van der Waals surface area (Å²) in [5.74, 6) is 1.47. The number of methoxy groups -OCH3 is 2. The van der Waals surface area contributed by atoms with Crippen LogP contribution in [-0.4, -0.2) is 78.5 Å². The van der Waals surface area contributed by atoms with Crippen molar-refractivity contribution < 1.29 is 23.5 Å². The number of hydrogen-bond acceptors (Lipinski definition) is 6. The Hall–Kier alpha value is -5.02. The first-order chi connectivity index (χ1) is 23.8. The third-order valence-corrected chi connectivity index (χ3v) is 9.62. The number of carbonyl (C=O) groups is 2. The highest BCUT2D eigenvalue weighted by Crippen LogP contribution is 2.33. The molecule has 1 aromatic heterocycles. The molecule has 2 heterocycles. The van der Waals surface area contributed by atoms with Gasteiger partial charge in [-0.1, -0.05) is 48.5 Å². The van der Waals surface area contributed by atoms with E-state index in [1.165, 1.54) is 12.1 Å². The number of likely N-dealkylation sites (N-methyl/N-ethyl adjacent to an activating group) is 1. The normalized spacial score (nSPS) is 14.4. The molecule has 1 aliphatic heterocycles. The number of ketones is 1. The van der Waals surface area contributed by atoms with E-state index in [1.807, 2.05) is 78.3 Å². The predicted molar refractivity (Wildman–Crippen MR) is 189 cm³/mol. The molecule has 1 amide bonds. The number of ether oxygens (including phenoxy) is 2. The van der Waals surface area contributed by atoms with Crippen LogP contribution in [0.25, 0.3) is 11.0 Å². The van der Waals surface area contributed by atoms with Gasteiger partial charge in [-0.05, 0) is 98.6 Å². The van der Waals surface area contributed by atoms with Crippen LogP contribution < -0.4 is 9.47 Å². The van der Waals surface area contributed by atoms with Crippen LogP contribution >= 0.6 is 0 Å². The minimum Gasteiger partial charge on any atom is -0.493 e. The fourth-order valence-electron chi connectivity index (χ4n) is 6.82. The molecule has 4 aromatic carbocycles. The number of benzene rings is 4. The van der Waals surface area contributed by atoms with Crippen molar-refractivity contribution in [1.29, 1.82) is 0 Å². The molecule has 8 nitrogen and oxygen atoms in total. The smallest absolute Gasteiger partial charge is 0.253 e. The highest BCUT2D eigenvalue weighted by atomic mass is 19.1. The van der Waals surface area contributed by atoms with Gasteiger partial charge in [0.2, 0.25) is 5.78 Å². The monoisotopic (exact) mass is 662 g/mol. The lowest BCUT2D eigenvalue weighted by molar-refractivity contribution is 0.0779. The SMILES string of the molecule is COc1ccc(C(CCN2CCC(C(=O)c3nc4ccccc4n3Cc3ccc(F)cc3)CC2)CN(C)C(=O)c2ccccc2)cc1OC. The Labute approximate surface area is 287 Å². The van der Waals surface area contributed by atoms with Gasteiger partial charge in [-0.25, -0.2) is 9.37 Å². The van der Waals surface area contributed by atoms with Crippen molar-refractivity contribution in [2.24, 2.45) is 5.92 Å². The van der Waals surface area contributed by atoms with Gasteiger partial charge in [-0.3, -0.25) is 9.59 Å². The number of Topliss-reactive ketones (excluding diaryl/α,β-unsaturated/α-hetero) is 1. The molecular weight excluding hydrogens is 619 g/mol. The quantitative estimate of drug-likeness (QED) is 0.126. The van der Waals surface area contributed by atoms with Crippen LogP contribution in [0, 0.1) is 11.7 Å². The summed E-state index contributed by atoms with van der Waals surface area (Å²) in [6, 6.07) is 29.5. The highest BCUT2D eigenvalue weighted by Gasteiger charge is 2.30. The number of carbonyl (C=O) groups excluding carboxylic acids is 2. The molecule has 254 valence electrons. The van der Waals surface area contributed by atoms with Gasteiger partial charge < -0.3 is 23.8 Å². The molecule has 9 heteroatoms. The molecule has 0 bridgehead atoms.